The number of hydrogen-bond donors (Lipinski definition) is 2. The van der Waals surface area contributed by atoms with E-state index in [4.69, 9.17) is 16.3 Å². The number of hydrogen-bond acceptors (Lipinski definition) is 4. The fraction of sp³-hybridized carbons (Fsp3) is 0.267. The summed E-state index contributed by atoms with van der Waals surface area (Å²) in [6.45, 7) is 1.38. The standard InChI is InChI=1S/C15H17ClN2O3/c1-21-7-6-18-10-13(3-5-15(18)20)17-9-11-8-12(16)2-4-14(11)19/h2-5,8,10,17,19H,6-7,9H2,1H3. The number of methoxy groups -OCH3 is 1. The molecule has 2 rings (SSSR count). The molecule has 2 aromatic rings. The molecular formula is C15H17ClN2O3. The van der Waals surface area contributed by atoms with Crippen molar-refractivity contribution in [1.29, 1.82) is 0 Å². The Morgan fingerprint density at radius 3 is 2.90 bits per heavy atom. The molecule has 112 valence electrons. The van der Waals surface area contributed by atoms with E-state index in [9.17, 15) is 9.90 Å². The van der Waals surface area contributed by atoms with Crippen molar-refractivity contribution < 1.29 is 9.84 Å². The van der Waals surface area contributed by atoms with Crippen molar-refractivity contribution >= 4 is 17.3 Å². The molecule has 0 radical (unpaired) electrons. The monoisotopic (exact) mass is 308 g/mol. The molecule has 21 heavy (non-hydrogen) atoms. The van der Waals surface area contributed by atoms with Gasteiger partial charge in [0.1, 0.15) is 5.75 Å². The van der Waals surface area contributed by atoms with Crippen LogP contribution >= 0.6 is 11.6 Å². The van der Waals surface area contributed by atoms with E-state index < -0.39 is 0 Å². The van der Waals surface area contributed by atoms with Crippen molar-refractivity contribution in [2.45, 2.75) is 13.1 Å². The first-order chi connectivity index (χ1) is 10.1. The minimum atomic E-state index is -0.0804. The van der Waals surface area contributed by atoms with Crippen LogP contribution in [-0.4, -0.2) is 23.4 Å². The van der Waals surface area contributed by atoms with Gasteiger partial charge in [-0.15, -0.1) is 0 Å². The highest BCUT2D eigenvalue weighted by molar-refractivity contribution is 6.30. The number of pyridine rings is 1. The van der Waals surface area contributed by atoms with Crippen LogP contribution in [0.4, 0.5) is 5.69 Å². The number of aromatic nitrogens is 1. The lowest BCUT2D eigenvalue weighted by atomic mass is 10.2. The molecule has 5 nitrogen and oxygen atoms in total. The number of nitrogens with zero attached hydrogens (tertiary/aromatic N) is 1. The first-order valence-corrected chi connectivity index (χ1v) is 6.88. The number of phenols is 1. The normalized spacial score (nSPS) is 10.6. The highest BCUT2D eigenvalue weighted by Gasteiger charge is 2.03. The zero-order chi connectivity index (χ0) is 15.2. The van der Waals surface area contributed by atoms with E-state index in [0.717, 1.165) is 5.69 Å². The van der Waals surface area contributed by atoms with Gasteiger partial charge in [-0.25, -0.2) is 0 Å². The van der Waals surface area contributed by atoms with Crippen molar-refractivity contribution in [2.24, 2.45) is 0 Å². The van der Waals surface area contributed by atoms with E-state index in [0.29, 0.717) is 30.3 Å². The van der Waals surface area contributed by atoms with Crippen LogP contribution < -0.4 is 10.9 Å². The zero-order valence-electron chi connectivity index (χ0n) is 11.7. The number of nitrogens with one attached hydrogen (secondary N) is 1. The molecule has 2 N–H and O–H groups in total. The predicted octanol–water partition coefficient (Wildman–Crippen LogP) is 2.47. The largest absolute Gasteiger partial charge is 0.508 e. The first-order valence-electron chi connectivity index (χ1n) is 6.51. The lowest BCUT2D eigenvalue weighted by Gasteiger charge is -2.11. The Labute approximate surface area is 127 Å². The highest BCUT2D eigenvalue weighted by Crippen LogP contribution is 2.22. The van der Waals surface area contributed by atoms with Gasteiger partial charge in [0, 0.05) is 43.0 Å². The lowest BCUT2D eigenvalue weighted by Crippen LogP contribution is -2.21. The summed E-state index contributed by atoms with van der Waals surface area (Å²) in [6.07, 6.45) is 1.73. The Hall–Kier alpha value is -1.98. The summed E-state index contributed by atoms with van der Waals surface area (Å²) in [5.41, 5.74) is 1.39. The summed E-state index contributed by atoms with van der Waals surface area (Å²) in [7, 11) is 1.59. The minimum Gasteiger partial charge on any atom is -0.508 e. The average molecular weight is 309 g/mol. The van der Waals surface area contributed by atoms with Crippen molar-refractivity contribution in [3.8, 4) is 5.75 Å². The highest BCUT2D eigenvalue weighted by atomic mass is 35.5. The van der Waals surface area contributed by atoms with Gasteiger partial charge >= 0.3 is 0 Å². The summed E-state index contributed by atoms with van der Waals surface area (Å²) >= 11 is 5.90. The molecule has 0 amide bonds. The molecule has 0 aliphatic heterocycles. The van der Waals surface area contributed by atoms with Gasteiger partial charge < -0.3 is 19.7 Å². The molecular weight excluding hydrogens is 292 g/mol. The maximum absolute atomic E-state index is 11.7. The van der Waals surface area contributed by atoms with E-state index >= 15 is 0 Å². The molecule has 0 fully saturated rings. The summed E-state index contributed by atoms with van der Waals surface area (Å²) in [5.74, 6) is 0.180. The van der Waals surface area contributed by atoms with Gasteiger partial charge in [0.25, 0.3) is 5.56 Å². The number of aromatic hydroxyl groups is 1. The van der Waals surface area contributed by atoms with E-state index in [-0.39, 0.29) is 11.3 Å². The van der Waals surface area contributed by atoms with E-state index in [1.165, 1.54) is 6.07 Å². The second kappa shape index (κ2) is 7.15. The summed E-state index contributed by atoms with van der Waals surface area (Å²) in [6, 6.07) is 8.08. The number of anilines is 1. The Kier molecular flexibility index (Phi) is 5.25. The van der Waals surface area contributed by atoms with Gasteiger partial charge in [0.15, 0.2) is 0 Å². The molecule has 0 unspecified atom stereocenters. The molecule has 1 aromatic carbocycles. The van der Waals surface area contributed by atoms with Crippen LogP contribution in [0.2, 0.25) is 5.02 Å². The molecule has 0 bridgehead atoms. The molecule has 0 saturated heterocycles. The van der Waals surface area contributed by atoms with Crippen LogP contribution in [-0.2, 0) is 17.8 Å². The van der Waals surface area contributed by atoms with Gasteiger partial charge in [-0.3, -0.25) is 4.79 Å². The number of benzene rings is 1. The number of phenolic OH excluding ortho intramolecular Hbond substituents is 1. The topological polar surface area (TPSA) is 63.5 Å². The summed E-state index contributed by atoms with van der Waals surface area (Å²) < 4.78 is 6.54. The van der Waals surface area contributed by atoms with Crippen LogP contribution in [0, 0.1) is 0 Å². The minimum absolute atomic E-state index is 0.0804. The van der Waals surface area contributed by atoms with E-state index in [2.05, 4.69) is 5.32 Å². The van der Waals surface area contributed by atoms with Crippen LogP contribution in [0.15, 0.2) is 41.3 Å². The Bertz CT molecular complexity index is 670. The molecule has 0 saturated carbocycles. The van der Waals surface area contributed by atoms with Crippen LogP contribution in [0.1, 0.15) is 5.56 Å². The third-order valence-corrected chi connectivity index (χ3v) is 3.28. The molecule has 1 heterocycles. The summed E-state index contributed by atoms with van der Waals surface area (Å²) in [4.78, 5) is 11.7. The Morgan fingerprint density at radius 1 is 1.33 bits per heavy atom. The van der Waals surface area contributed by atoms with E-state index in [1.54, 1.807) is 42.1 Å². The second-order valence-electron chi connectivity index (χ2n) is 4.57. The third-order valence-electron chi connectivity index (χ3n) is 3.04. The molecule has 0 spiro atoms. The molecule has 0 aliphatic carbocycles. The Balaban J connectivity index is 2.09. The van der Waals surface area contributed by atoms with Crippen LogP contribution in [0.3, 0.4) is 0 Å². The quantitative estimate of drug-likeness (QED) is 0.860. The summed E-state index contributed by atoms with van der Waals surface area (Å²) in [5, 5.41) is 13.5. The maximum Gasteiger partial charge on any atom is 0.250 e. The maximum atomic E-state index is 11.7. The smallest absolute Gasteiger partial charge is 0.250 e. The number of ether oxygens (including phenoxy) is 1. The zero-order valence-corrected chi connectivity index (χ0v) is 12.4. The molecule has 0 aliphatic rings. The lowest BCUT2D eigenvalue weighted by molar-refractivity contribution is 0.186. The fourth-order valence-corrected chi connectivity index (χ4v) is 2.09. The molecule has 6 heteroatoms. The van der Waals surface area contributed by atoms with Crippen molar-refractivity contribution in [3.63, 3.8) is 0 Å². The fourth-order valence-electron chi connectivity index (χ4n) is 1.89. The van der Waals surface area contributed by atoms with Crippen LogP contribution in [0.25, 0.3) is 0 Å². The SMILES string of the molecule is COCCn1cc(NCc2cc(Cl)ccc2O)ccc1=O. The Morgan fingerprint density at radius 2 is 2.14 bits per heavy atom. The van der Waals surface area contributed by atoms with Crippen molar-refractivity contribution in [3.05, 3.63) is 57.5 Å². The third kappa shape index (κ3) is 4.24. The second-order valence-corrected chi connectivity index (χ2v) is 5.01. The number of halogens is 1. The van der Waals surface area contributed by atoms with Crippen molar-refractivity contribution in [1.82, 2.24) is 4.57 Å². The van der Waals surface area contributed by atoms with Gasteiger partial charge in [-0.05, 0) is 24.3 Å². The van der Waals surface area contributed by atoms with Gasteiger partial charge in [0.2, 0.25) is 0 Å². The van der Waals surface area contributed by atoms with Gasteiger partial charge in [-0.1, -0.05) is 11.6 Å². The van der Waals surface area contributed by atoms with Gasteiger partial charge in [0.05, 0.1) is 12.3 Å². The van der Waals surface area contributed by atoms with Gasteiger partial charge in [-0.2, -0.15) is 0 Å². The van der Waals surface area contributed by atoms with Crippen molar-refractivity contribution in [2.75, 3.05) is 19.0 Å². The number of rotatable bonds is 6. The first kappa shape index (κ1) is 15.4. The molecule has 1 aromatic heterocycles. The van der Waals surface area contributed by atoms with Crippen LogP contribution in [0.5, 0.6) is 5.75 Å². The van der Waals surface area contributed by atoms with E-state index in [1.807, 2.05) is 0 Å². The predicted molar refractivity (Wildman–Crippen MR) is 83.0 cm³/mol. The average Bonchev–Trinajstić information content (AvgIpc) is 2.48. The molecule has 0 atom stereocenters.